The molecule has 0 aliphatic rings. The third-order valence-electron chi connectivity index (χ3n) is 2.63. The first-order valence-corrected chi connectivity index (χ1v) is 6.51. The van der Waals surface area contributed by atoms with Gasteiger partial charge in [0.1, 0.15) is 11.9 Å². The van der Waals surface area contributed by atoms with Gasteiger partial charge in [0.2, 0.25) is 0 Å². The number of rotatable bonds is 8. The van der Waals surface area contributed by atoms with E-state index >= 15 is 0 Å². The number of aliphatic hydroxyl groups excluding tert-OH is 1. The van der Waals surface area contributed by atoms with Gasteiger partial charge in [0.15, 0.2) is 11.5 Å². The third-order valence-corrected chi connectivity index (χ3v) is 2.63. The Morgan fingerprint density at radius 2 is 2.11 bits per heavy atom. The maximum Gasteiger partial charge on any atom is 0.306 e. The number of Topliss-reactive ketones (excluding diaryl/α,β-unsaturated/α-hetero) is 1. The second kappa shape index (κ2) is 7.74. The van der Waals surface area contributed by atoms with Crippen LogP contribution in [0.3, 0.4) is 0 Å². The molecule has 1 heterocycles. The molecule has 19 heavy (non-hydrogen) atoms. The Morgan fingerprint density at radius 3 is 2.68 bits per heavy atom. The molecule has 0 amide bonds. The fraction of sp³-hybridized carbons (Fsp3) is 0.571. The van der Waals surface area contributed by atoms with Crippen LogP contribution >= 0.6 is 0 Å². The summed E-state index contributed by atoms with van der Waals surface area (Å²) in [5.74, 6) is -0.130. The van der Waals surface area contributed by atoms with Gasteiger partial charge in [0.25, 0.3) is 0 Å². The van der Waals surface area contributed by atoms with E-state index in [9.17, 15) is 14.7 Å². The Kier molecular flexibility index (Phi) is 6.29. The first-order valence-electron chi connectivity index (χ1n) is 6.51. The van der Waals surface area contributed by atoms with Gasteiger partial charge in [-0.1, -0.05) is 13.3 Å². The Hall–Kier alpha value is -1.62. The molecule has 0 aliphatic heterocycles. The lowest BCUT2D eigenvalue weighted by molar-refractivity contribution is -0.143. The van der Waals surface area contributed by atoms with E-state index in [0.717, 1.165) is 12.8 Å². The van der Waals surface area contributed by atoms with Gasteiger partial charge < -0.3 is 14.3 Å². The van der Waals surface area contributed by atoms with E-state index < -0.39 is 6.10 Å². The minimum atomic E-state index is -0.749. The lowest BCUT2D eigenvalue weighted by Gasteiger charge is -2.02. The van der Waals surface area contributed by atoms with E-state index in [4.69, 9.17) is 9.15 Å². The van der Waals surface area contributed by atoms with Gasteiger partial charge in [-0.2, -0.15) is 0 Å². The molecule has 106 valence electrons. The predicted molar refractivity (Wildman–Crippen MR) is 68.8 cm³/mol. The van der Waals surface area contributed by atoms with E-state index in [1.54, 1.807) is 13.0 Å². The molecule has 0 bridgehead atoms. The maximum atomic E-state index is 11.7. The topological polar surface area (TPSA) is 76.7 Å². The van der Waals surface area contributed by atoms with Crippen LogP contribution in [0.4, 0.5) is 0 Å². The highest BCUT2D eigenvalue weighted by Crippen LogP contribution is 2.17. The highest BCUT2D eigenvalue weighted by atomic mass is 16.5. The monoisotopic (exact) mass is 268 g/mol. The zero-order valence-electron chi connectivity index (χ0n) is 11.3. The third kappa shape index (κ3) is 5.26. The number of aliphatic hydroxyl groups is 1. The Balaban J connectivity index is 2.36. The lowest BCUT2D eigenvalue weighted by Crippen LogP contribution is -2.08. The van der Waals surface area contributed by atoms with Gasteiger partial charge in [0, 0.05) is 6.42 Å². The number of furan rings is 1. The van der Waals surface area contributed by atoms with Crippen molar-refractivity contribution in [2.24, 2.45) is 0 Å². The minimum absolute atomic E-state index is 0.0489. The number of carbonyl (C=O) groups is 2. The van der Waals surface area contributed by atoms with Crippen molar-refractivity contribution in [1.82, 2.24) is 0 Å². The van der Waals surface area contributed by atoms with Crippen molar-refractivity contribution in [2.45, 2.75) is 45.6 Å². The molecule has 1 aromatic heterocycles. The van der Waals surface area contributed by atoms with Gasteiger partial charge in [-0.05, 0) is 25.5 Å². The average molecular weight is 268 g/mol. The number of hydrogen-bond donors (Lipinski definition) is 1. The summed E-state index contributed by atoms with van der Waals surface area (Å²) in [6.45, 7) is 3.96. The smallest absolute Gasteiger partial charge is 0.306 e. The summed E-state index contributed by atoms with van der Waals surface area (Å²) < 4.78 is 10.1. The molecule has 5 nitrogen and oxygen atoms in total. The summed E-state index contributed by atoms with van der Waals surface area (Å²) in [7, 11) is 0. The van der Waals surface area contributed by atoms with Crippen LogP contribution in [0.25, 0.3) is 0 Å². The first kappa shape index (κ1) is 15.4. The van der Waals surface area contributed by atoms with Crippen molar-refractivity contribution in [3.63, 3.8) is 0 Å². The number of hydrogen-bond acceptors (Lipinski definition) is 5. The molecular weight excluding hydrogens is 248 g/mol. The Bertz CT molecular complexity index is 419. The number of ketones is 1. The lowest BCUT2D eigenvalue weighted by atomic mass is 10.2. The maximum absolute atomic E-state index is 11.7. The van der Waals surface area contributed by atoms with Crippen molar-refractivity contribution in [2.75, 3.05) is 6.61 Å². The molecule has 1 aromatic rings. The molecule has 1 unspecified atom stereocenters. The van der Waals surface area contributed by atoms with Crippen molar-refractivity contribution in [3.05, 3.63) is 23.7 Å². The van der Waals surface area contributed by atoms with Crippen LogP contribution in [0.2, 0.25) is 0 Å². The van der Waals surface area contributed by atoms with Crippen molar-refractivity contribution in [1.29, 1.82) is 0 Å². The van der Waals surface area contributed by atoms with Crippen LogP contribution in [0.15, 0.2) is 16.5 Å². The average Bonchev–Trinajstić information content (AvgIpc) is 2.86. The van der Waals surface area contributed by atoms with Gasteiger partial charge in [-0.15, -0.1) is 0 Å². The number of carbonyl (C=O) groups excluding carboxylic acids is 2. The molecule has 5 heteroatoms. The van der Waals surface area contributed by atoms with Crippen molar-refractivity contribution < 1.29 is 23.8 Å². The Labute approximate surface area is 112 Å². The normalized spacial score (nSPS) is 12.2. The zero-order chi connectivity index (χ0) is 14.3. The van der Waals surface area contributed by atoms with Gasteiger partial charge in [-0.25, -0.2) is 0 Å². The van der Waals surface area contributed by atoms with Crippen LogP contribution in [0.1, 0.15) is 61.9 Å². The molecule has 1 N–H and O–H groups in total. The minimum Gasteiger partial charge on any atom is -0.466 e. The summed E-state index contributed by atoms with van der Waals surface area (Å²) >= 11 is 0. The van der Waals surface area contributed by atoms with Crippen LogP contribution < -0.4 is 0 Å². The van der Waals surface area contributed by atoms with Crippen LogP contribution in [0.5, 0.6) is 0 Å². The van der Waals surface area contributed by atoms with Crippen LogP contribution in [-0.2, 0) is 9.53 Å². The first-order chi connectivity index (χ1) is 9.04. The molecule has 0 spiro atoms. The highest BCUT2D eigenvalue weighted by Gasteiger charge is 2.15. The molecule has 0 aromatic carbocycles. The molecule has 0 radical (unpaired) electrons. The van der Waals surface area contributed by atoms with Crippen LogP contribution in [-0.4, -0.2) is 23.5 Å². The second-order valence-corrected chi connectivity index (χ2v) is 4.38. The summed E-state index contributed by atoms with van der Waals surface area (Å²) in [4.78, 5) is 23.1. The summed E-state index contributed by atoms with van der Waals surface area (Å²) in [6.07, 6.45) is 1.14. The number of esters is 1. The summed E-state index contributed by atoms with van der Waals surface area (Å²) in [5, 5.41) is 9.28. The molecular formula is C14H20O5. The standard InChI is InChI=1S/C14H20O5/c1-3-4-9-18-14(17)8-5-11(16)13-7-6-12(19-13)10(2)15/h6-7,10,15H,3-5,8-9H2,1-2H3. The molecule has 1 rings (SSSR count). The van der Waals surface area contributed by atoms with Gasteiger partial charge in [0.05, 0.1) is 13.0 Å². The highest BCUT2D eigenvalue weighted by molar-refractivity contribution is 5.95. The second-order valence-electron chi connectivity index (χ2n) is 4.38. The molecule has 0 saturated carbocycles. The van der Waals surface area contributed by atoms with E-state index in [1.165, 1.54) is 6.07 Å². The zero-order valence-corrected chi connectivity index (χ0v) is 11.3. The largest absolute Gasteiger partial charge is 0.466 e. The number of unbranched alkanes of at least 4 members (excludes halogenated alkanes) is 1. The van der Waals surface area contributed by atoms with Crippen molar-refractivity contribution in [3.8, 4) is 0 Å². The SMILES string of the molecule is CCCCOC(=O)CCC(=O)c1ccc(C(C)O)o1. The predicted octanol–water partition coefficient (Wildman–Crippen LogP) is 2.64. The van der Waals surface area contributed by atoms with Gasteiger partial charge in [-0.3, -0.25) is 9.59 Å². The molecule has 0 saturated heterocycles. The molecule has 0 fully saturated rings. The van der Waals surface area contributed by atoms with Crippen molar-refractivity contribution >= 4 is 11.8 Å². The van der Waals surface area contributed by atoms with E-state index in [2.05, 4.69) is 0 Å². The summed E-state index contributed by atoms with van der Waals surface area (Å²) in [6, 6.07) is 3.06. The Morgan fingerprint density at radius 1 is 1.37 bits per heavy atom. The van der Waals surface area contributed by atoms with E-state index in [1.807, 2.05) is 6.92 Å². The van der Waals surface area contributed by atoms with E-state index in [0.29, 0.717) is 12.4 Å². The van der Waals surface area contributed by atoms with E-state index in [-0.39, 0.29) is 30.4 Å². The number of ether oxygens (including phenoxy) is 1. The van der Waals surface area contributed by atoms with Gasteiger partial charge >= 0.3 is 5.97 Å². The fourth-order valence-electron chi connectivity index (χ4n) is 1.47. The molecule has 0 aliphatic carbocycles. The summed E-state index contributed by atoms with van der Waals surface area (Å²) in [5.41, 5.74) is 0. The fourth-order valence-corrected chi connectivity index (χ4v) is 1.47. The van der Waals surface area contributed by atoms with Crippen LogP contribution in [0, 0.1) is 0 Å². The molecule has 1 atom stereocenters. The quantitative estimate of drug-likeness (QED) is 0.445.